The van der Waals surface area contributed by atoms with Gasteiger partial charge in [0.05, 0.1) is 5.41 Å². The summed E-state index contributed by atoms with van der Waals surface area (Å²) in [6.07, 6.45) is 3.20. The molecule has 3 aromatic rings. The maximum Gasteiger partial charge on any atom is 0.159 e. The van der Waals surface area contributed by atoms with Crippen LogP contribution in [0, 0.1) is 21.5 Å². The van der Waals surface area contributed by atoms with Crippen LogP contribution in [-0.4, -0.2) is 0 Å². The van der Waals surface area contributed by atoms with Crippen LogP contribution in [-0.2, 0) is 11.8 Å². The fourth-order valence-electron chi connectivity index (χ4n) is 3.62. The number of para-hydroxylation sites is 1. The van der Waals surface area contributed by atoms with E-state index >= 15 is 0 Å². The standard InChI is InChI=1S/C26H23F2IO/c1-2-26(16-17-29,21-13-14-24(27)25(28)19-21)15-7-9-20-8-6-12-23(18-20)30-22-10-4-3-5-11-22/h3-6,8,10-14,18-19H,2,7,9,15H2,1H3. The van der Waals surface area contributed by atoms with Gasteiger partial charge in [-0.1, -0.05) is 49.2 Å². The molecule has 4 heteroatoms. The Balaban J connectivity index is 1.71. The molecule has 3 aromatic carbocycles. The summed E-state index contributed by atoms with van der Waals surface area (Å²) < 4.78 is 36.2. The van der Waals surface area contributed by atoms with Gasteiger partial charge in [-0.2, -0.15) is 0 Å². The van der Waals surface area contributed by atoms with E-state index < -0.39 is 17.0 Å². The Bertz CT molecular complexity index is 1040. The van der Waals surface area contributed by atoms with Crippen molar-refractivity contribution >= 4 is 22.6 Å². The van der Waals surface area contributed by atoms with Gasteiger partial charge in [-0.05, 0) is 77.1 Å². The predicted molar refractivity (Wildman–Crippen MR) is 126 cm³/mol. The van der Waals surface area contributed by atoms with Gasteiger partial charge >= 0.3 is 0 Å². The van der Waals surface area contributed by atoms with E-state index in [4.69, 9.17) is 4.74 Å². The lowest BCUT2D eigenvalue weighted by atomic mass is 9.74. The Hall–Kier alpha value is -2.39. The minimum absolute atomic E-state index is 0.492. The van der Waals surface area contributed by atoms with Crippen LogP contribution in [0.5, 0.6) is 11.5 Å². The number of hydrogen-bond donors (Lipinski definition) is 0. The molecule has 0 saturated heterocycles. The van der Waals surface area contributed by atoms with Crippen LogP contribution in [0.2, 0.25) is 0 Å². The highest BCUT2D eigenvalue weighted by Gasteiger charge is 2.29. The van der Waals surface area contributed by atoms with E-state index in [9.17, 15) is 8.78 Å². The van der Waals surface area contributed by atoms with E-state index in [0.29, 0.717) is 0 Å². The van der Waals surface area contributed by atoms with Crippen LogP contribution < -0.4 is 4.74 Å². The molecular formula is C26H23F2IO. The van der Waals surface area contributed by atoms with Crippen LogP contribution in [0.4, 0.5) is 8.78 Å². The number of rotatable bonds is 8. The molecular weight excluding hydrogens is 493 g/mol. The monoisotopic (exact) mass is 516 g/mol. The summed E-state index contributed by atoms with van der Waals surface area (Å²) in [4.78, 5) is 0. The van der Waals surface area contributed by atoms with Crippen molar-refractivity contribution in [1.29, 1.82) is 0 Å². The van der Waals surface area contributed by atoms with Crippen LogP contribution in [0.25, 0.3) is 0 Å². The van der Waals surface area contributed by atoms with Crippen LogP contribution in [0.15, 0.2) is 72.8 Å². The number of hydrogen-bond acceptors (Lipinski definition) is 1. The van der Waals surface area contributed by atoms with Crippen LogP contribution in [0.1, 0.15) is 37.3 Å². The average molecular weight is 516 g/mol. The quantitative estimate of drug-likeness (QED) is 0.219. The molecule has 0 fully saturated rings. The van der Waals surface area contributed by atoms with Crippen LogP contribution >= 0.6 is 22.6 Å². The Morgan fingerprint density at radius 3 is 2.37 bits per heavy atom. The van der Waals surface area contributed by atoms with Crippen molar-refractivity contribution < 1.29 is 13.5 Å². The number of benzene rings is 3. The Kier molecular flexibility index (Phi) is 7.87. The van der Waals surface area contributed by atoms with Crippen molar-refractivity contribution in [2.45, 2.75) is 38.0 Å². The second-order valence-corrected chi connectivity index (χ2v) is 7.74. The van der Waals surface area contributed by atoms with Crippen molar-refractivity contribution in [3.63, 3.8) is 0 Å². The first-order valence-electron chi connectivity index (χ1n) is 9.96. The SMILES string of the molecule is CCC(C#CI)(CCCc1cccc(Oc2ccccc2)c1)c1ccc(F)c(F)c1. The van der Waals surface area contributed by atoms with E-state index in [0.717, 1.165) is 42.7 Å². The molecule has 0 spiro atoms. The molecule has 0 radical (unpaired) electrons. The van der Waals surface area contributed by atoms with Crippen LogP contribution in [0.3, 0.4) is 0 Å². The summed E-state index contributed by atoms with van der Waals surface area (Å²) in [5, 5.41) is 0. The minimum atomic E-state index is -0.832. The van der Waals surface area contributed by atoms with Crippen molar-refractivity contribution in [3.05, 3.63) is 95.6 Å². The molecule has 1 atom stereocenters. The molecule has 0 N–H and O–H groups in total. The summed E-state index contributed by atoms with van der Waals surface area (Å²) in [6.45, 7) is 2.04. The Morgan fingerprint density at radius 2 is 1.67 bits per heavy atom. The largest absolute Gasteiger partial charge is 0.457 e. The fraction of sp³-hybridized carbons (Fsp3) is 0.231. The number of ether oxygens (including phenoxy) is 1. The van der Waals surface area contributed by atoms with Crippen molar-refractivity contribution in [2.24, 2.45) is 0 Å². The topological polar surface area (TPSA) is 9.23 Å². The van der Waals surface area contributed by atoms with Gasteiger partial charge in [0.15, 0.2) is 11.6 Å². The van der Waals surface area contributed by atoms with Gasteiger partial charge in [0.1, 0.15) is 11.5 Å². The molecule has 154 valence electrons. The summed E-state index contributed by atoms with van der Waals surface area (Å²) in [7, 11) is 0. The molecule has 0 bridgehead atoms. The van der Waals surface area contributed by atoms with Crippen molar-refractivity contribution in [1.82, 2.24) is 0 Å². The lowest BCUT2D eigenvalue weighted by Crippen LogP contribution is -2.24. The molecule has 0 amide bonds. The van der Waals surface area contributed by atoms with Crippen molar-refractivity contribution in [2.75, 3.05) is 0 Å². The number of halogens is 3. The first-order valence-corrected chi connectivity index (χ1v) is 11.0. The highest BCUT2D eigenvalue weighted by atomic mass is 127. The molecule has 3 rings (SSSR count). The molecule has 0 aliphatic heterocycles. The van der Waals surface area contributed by atoms with E-state index in [-0.39, 0.29) is 0 Å². The first-order chi connectivity index (χ1) is 14.6. The lowest BCUT2D eigenvalue weighted by molar-refractivity contribution is 0.460. The zero-order valence-electron chi connectivity index (χ0n) is 16.8. The second kappa shape index (κ2) is 10.6. The Labute approximate surface area is 190 Å². The van der Waals surface area contributed by atoms with Gasteiger partial charge in [-0.15, -0.1) is 0 Å². The zero-order valence-corrected chi connectivity index (χ0v) is 19.0. The van der Waals surface area contributed by atoms with Gasteiger partial charge in [0.25, 0.3) is 0 Å². The molecule has 30 heavy (non-hydrogen) atoms. The molecule has 0 heterocycles. The van der Waals surface area contributed by atoms with Gasteiger partial charge < -0.3 is 4.74 Å². The maximum absolute atomic E-state index is 13.9. The van der Waals surface area contributed by atoms with Crippen molar-refractivity contribution in [3.8, 4) is 21.3 Å². The third kappa shape index (κ3) is 5.60. The molecule has 0 saturated carbocycles. The maximum atomic E-state index is 13.9. The van der Waals surface area contributed by atoms with E-state index in [1.807, 2.05) is 78.0 Å². The lowest BCUT2D eigenvalue weighted by Gasteiger charge is -2.28. The summed E-state index contributed by atoms with van der Waals surface area (Å²) in [5.41, 5.74) is 1.41. The summed E-state index contributed by atoms with van der Waals surface area (Å²) in [5.74, 6) is 3.20. The highest BCUT2D eigenvalue weighted by Crippen LogP contribution is 2.34. The predicted octanol–water partition coefficient (Wildman–Crippen LogP) is 7.82. The fourth-order valence-corrected chi connectivity index (χ4v) is 4.13. The molecule has 0 aromatic heterocycles. The summed E-state index contributed by atoms with van der Waals surface area (Å²) >= 11 is 2.01. The Morgan fingerprint density at radius 1 is 0.900 bits per heavy atom. The van der Waals surface area contributed by atoms with Gasteiger partial charge in [-0.3, -0.25) is 0 Å². The number of aryl methyl sites for hydroxylation is 1. The third-order valence-corrected chi connectivity index (χ3v) is 5.58. The third-order valence-electron chi connectivity index (χ3n) is 5.31. The normalized spacial score (nSPS) is 12.5. The smallest absolute Gasteiger partial charge is 0.159 e. The average Bonchev–Trinajstić information content (AvgIpc) is 2.76. The van der Waals surface area contributed by atoms with E-state index in [1.54, 1.807) is 6.07 Å². The van der Waals surface area contributed by atoms with Gasteiger partial charge in [-0.25, -0.2) is 8.78 Å². The highest BCUT2D eigenvalue weighted by molar-refractivity contribution is 14.1. The minimum Gasteiger partial charge on any atom is -0.457 e. The molecule has 0 aliphatic rings. The molecule has 1 unspecified atom stereocenters. The van der Waals surface area contributed by atoms with Gasteiger partial charge in [0, 0.05) is 22.6 Å². The zero-order chi connectivity index (χ0) is 21.4. The second-order valence-electron chi connectivity index (χ2n) is 7.20. The molecule has 0 aliphatic carbocycles. The molecule has 1 nitrogen and oxygen atoms in total. The summed E-state index contributed by atoms with van der Waals surface area (Å²) in [6, 6.07) is 21.9. The van der Waals surface area contributed by atoms with E-state index in [1.165, 1.54) is 17.7 Å². The van der Waals surface area contributed by atoms with E-state index in [2.05, 4.69) is 15.9 Å². The first kappa shape index (κ1) is 22.3. The van der Waals surface area contributed by atoms with Gasteiger partial charge in [0.2, 0.25) is 0 Å².